The topological polar surface area (TPSA) is 126 Å². The maximum Gasteiger partial charge on any atom is 0.434 e. The molecule has 5 rings (SSSR count). The summed E-state index contributed by atoms with van der Waals surface area (Å²) >= 11 is 0. The first-order valence-corrected chi connectivity index (χ1v) is 11.1. The fourth-order valence-electron chi connectivity index (χ4n) is 5.12. The third kappa shape index (κ3) is 3.83. The summed E-state index contributed by atoms with van der Waals surface area (Å²) in [4.78, 5) is 26.2. The van der Waals surface area contributed by atoms with Crippen molar-refractivity contribution in [1.82, 2.24) is 4.90 Å². The van der Waals surface area contributed by atoms with Crippen molar-refractivity contribution in [1.29, 1.82) is 0 Å². The highest BCUT2D eigenvalue weighted by atomic mass is 16.6. The fourth-order valence-corrected chi connectivity index (χ4v) is 5.12. The van der Waals surface area contributed by atoms with Crippen LogP contribution in [0.5, 0.6) is 11.5 Å². The van der Waals surface area contributed by atoms with Gasteiger partial charge in [0.25, 0.3) is 0 Å². The minimum absolute atomic E-state index is 0.00296. The number of hydrogen-bond donors (Lipinski definition) is 3. The Morgan fingerprint density at radius 3 is 2.72 bits per heavy atom. The lowest BCUT2D eigenvalue weighted by Gasteiger charge is -2.42. The highest BCUT2D eigenvalue weighted by molar-refractivity contribution is 6.62. The van der Waals surface area contributed by atoms with Gasteiger partial charge in [-0.3, -0.25) is 4.79 Å². The Balaban J connectivity index is 1.23. The number of carbonyl (C=O) groups is 2. The Kier molecular flexibility index (Phi) is 4.93. The summed E-state index contributed by atoms with van der Waals surface area (Å²) in [5.74, 6) is -1.68. The maximum atomic E-state index is 12.6. The van der Waals surface area contributed by atoms with Crippen LogP contribution in [0.2, 0.25) is 5.82 Å². The van der Waals surface area contributed by atoms with Gasteiger partial charge < -0.3 is 38.7 Å². The molecule has 3 fully saturated rings. The number of aromatic carboxylic acids is 1. The van der Waals surface area contributed by atoms with Gasteiger partial charge in [0.15, 0.2) is 0 Å². The smallest absolute Gasteiger partial charge is 0.434 e. The molecule has 10 nitrogen and oxygen atoms in total. The van der Waals surface area contributed by atoms with Gasteiger partial charge in [0, 0.05) is 0 Å². The minimum Gasteiger partial charge on any atom is -0.669 e. The monoisotopic (exact) mass is 448 g/mol. The van der Waals surface area contributed by atoms with Gasteiger partial charge in [-0.15, -0.1) is 0 Å². The summed E-state index contributed by atoms with van der Waals surface area (Å²) in [6.45, 7) is -0.00876. The van der Waals surface area contributed by atoms with Crippen LogP contribution in [0.1, 0.15) is 34.7 Å². The second-order valence-electron chi connectivity index (χ2n) is 10.1. The average molecular weight is 448 g/mol. The zero-order valence-electron chi connectivity index (χ0n) is 18.3. The van der Waals surface area contributed by atoms with E-state index in [1.165, 1.54) is 0 Å². The number of amides is 1. The van der Waals surface area contributed by atoms with E-state index in [0.717, 1.165) is 17.6 Å². The highest BCUT2D eigenvalue weighted by Gasteiger charge is 2.55. The van der Waals surface area contributed by atoms with E-state index < -0.39 is 12.7 Å². The van der Waals surface area contributed by atoms with E-state index >= 15 is 0 Å². The van der Waals surface area contributed by atoms with Crippen molar-refractivity contribution in [3.05, 3.63) is 23.3 Å². The van der Waals surface area contributed by atoms with Gasteiger partial charge >= 0.3 is 12.7 Å². The number of likely N-dealkylation sites (tertiary alicyclic amines) is 1. The molecule has 3 aliphatic heterocycles. The molecule has 0 radical (unpaired) electrons. The molecular formula is C21H29BN2O8. The summed E-state index contributed by atoms with van der Waals surface area (Å²) in [6.07, 6.45) is 0.430. The van der Waals surface area contributed by atoms with Gasteiger partial charge in [-0.05, 0) is 17.5 Å². The van der Waals surface area contributed by atoms with E-state index in [4.69, 9.17) is 14.1 Å². The van der Waals surface area contributed by atoms with Gasteiger partial charge in [0.2, 0.25) is 5.91 Å². The number of carboxylic acid groups (broad SMARTS) is 1. The lowest BCUT2D eigenvalue weighted by molar-refractivity contribution is -0.901. The summed E-state index contributed by atoms with van der Waals surface area (Å²) < 4.78 is 17.8. The molecule has 174 valence electrons. The molecule has 0 unspecified atom stereocenters. The molecule has 4 aliphatic rings. The van der Waals surface area contributed by atoms with E-state index in [2.05, 4.69) is 14.1 Å². The van der Waals surface area contributed by atoms with Crippen LogP contribution >= 0.6 is 0 Å². The number of carboxylic acids is 1. The Morgan fingerprint density at radius 1 is 1.28 bits per heavy atom. The molecule has 2 saturated heterocycles. The summed E-state index contributed by atoms with van der Waals surface area (Å²) in [5.41, 5.74) is 0.460. The normalized spacial score (nSPS) is 29.8. The molecule has 1 aromatic carbocycles. The first-order chi connectivity index (χ1) is 15.0. The van der Waals surface area contributed by atoms with Gasteiger partial charge in [-0.1, -0.05) is 18.3 Å². The summed E-state index contributed by atoms with van der Waals surface area (Å²) in [6, 6.07) is 3.32. The molecule has 0 spiro atoms. The van der Waals surface area contributed by atoms with E-state index in [1.807, 2.05) is 0 Å². The quantitative estimate of drug-likeness (QED) is 0.425. The van der Waals surface area contributed by atoms with Crippen LogP contribution in [-0.4, -0.2) is 102 Å². The molecule has 3 heterocycles. The number of rotatable bonds is 5. The van der Waals surface area contributed by atoms with Crippen molar-refractivity contribution < 1.29 is 43.4 Å². The second-order valence-corrected chi connectivity index (χ2v) is 10.1. The van der Waals surface area contributed by atoms with E-state index in [0.29, 0.717) is 38.1 Å². The van der Waals surface area contributed by atoms with Crippen molar-refractivity contribution in [2.45, 2.75) is 36.8 Å². The number of fused-ring (bicyclic) bond motifs is 3. The van der Waals surface area contributed by atoms with Gasteiger partial charge in [-0.2, -0.15) is 0 Å². The van der Waals surface area contributed by atoms with Crippen molar-refractivity contribution in [2.24, 2.45) is 0 Å². The lowest BCUT2D eigenvalue weighted by Crippen LogP contribution is -2.58. The number of quaternary nitrogens is 1. The highest BCUT2D eigenvalue weighted by Crippen LogP contribution is 2.63. The van der Waals surface area contributed by atoms with Crippen LogP contribution in [0.4, 0.5) is 0 Å². The predicted octanol–water partition coefficient (Wildman–Crippen LogP) is 0.0131. The third-order valence-corrected chi connectivity index (χ3v) is 7.10. The van der Waals surface area contributed by atoms with Crippen LogP contribution in [-0.2, 0) is 9.53 Å². The van der Waals surface area contributed by atoms with Crippen molar-refractivity contribution in [3.63, 3.8) is 0 Å². The van der Waals surface area contributed by atoms with Gasteiger partial charge in [0.05, 0.1) is 46.0 Å². The Bertz CT molecular complexity index is 961. The predicted molar refractivity (Wildman–Crippen MR) is 113 cm³/mol. The zero-order valence-corrected chi connectivity index (χ0v) is 18.3. The number of hydrogen-bond acceptors (Lipinski definition) is 7. The largest absolute Gasteiger partial charge is 0.669 e. The maximum absolute atomic E-state index is 12.6. The van der Waals surface area contributed by atoms with Crippen molar-refractivity contribution in [3.8, 4) is 11.5 Å². The van der Waals surface area contributed by atoms with Crippen molar-refractivity contribution in [2.75, 3.05) is 46.9 Å². The average Bonchev–Trinajstić information content (AvgIpc) is 3.44. The molecule has 11 heteroatoms. The molecule has 32 heavy (non-hydrogen) atoms. The van der Waals surface area contributed by atoms with E-state index in [-0.39, 0.29) is 46.9 Å². The molecule has 1 aliphatic carbocycles. The molecular weight excluding hydrogens is 419 g/mol. The van der Waals surface area contributed by atoms with Crippen LogP contribution in [0.15, 0.2) is 12.1 Å². The molecule has 1 saturated carbocycles. The molecule has 1 amide bonds. The molecule has 0 bridgehead atoms. The zero-order chi connectivity index (χ0) is 22.8. The van der Waals surface area contributed by atoms with Crippen LogP contribution in [0.25, 0.3) is 0 Å². The number of likely N-dealkylation sites (N-methyl/N-ethyl adjacent to an activating group) is 1. The standard InChI is InChI=1S/C21H29BN2O8/c1-24(2)5-6-30-12(11-24)7-18(25)23-9-13(10-23)31-17-4-3-14-15-8-16(15)22(28,29)32-20(14)19(17)21(26)27/h3-4,12-13,15-16,28-29H,5-11H2,1-2H3,(H,26,27)/t12-,15-,16-/m1/s1. The van der Waals surface area contributed by atoms with E-state index in [1.54, 1.807) is 17.0 Å². The number of morpholine rings is 1. The van der Waals surface area contributed by atoms with Crippen LogP contribution in [0, 0.1) is 0 Å². The molecule has 3 atom stereocenters. The Hall–Kier alpha value is -2.34. The first-order valence-electron chi connectivity index (χ1n) is 11.1. The summed E-state index contributed by atoms with van der Waals surface area (Å²) in [5, 5.41) is 30.0. The second kappa shape index (κ2) is 7.34. The van der Waals surface area contributed by atoms with Crippen LogP contribution < -0.4 is 9.39 Å². The van der Waals surface area contributed by atoms with E-state index in [9.17, 15) is 24.7 Å². The fraction of sp³-hybridized carbons (Fsp3) is 0.619. The number of nitrogens with zero attached hydrogens (tertiary/aromatic N) is 2. The molecule has 1 aromatic rings. The van der Waals surface area contributed by atoms with Crippen molar-refractivity contribution >= 4 is 18.6 Å². The Morgan fingerprint density at radius 2 is 2.03 bits per heavy atom. The SMILES string of the molecule is C[N+]1(C)CCO[C@H](CC(=O)N2CC(Oc3ccc4c(c3C(=O)O)O[B-](O)(O)[C@@H]3C[C@H]43)C2)C1. The minimum atomic E-state index is -3.09. The molecule has 0 aromatic heterocycles. The lowest BCUT2D eigenvalue weighted by atomic mass is 9.68. The van der Waals surface area contributed by atoms with Gasteiger partial charge in [0.1, 0.15) is 36.6 Å². The number of benzene rings is 1. The third-order valence-electron chi connectivity index (χ3n) is 7.10. The van der Waals surface area contributed by atoms with Gasteiger partial charge in [-0.25, -0.2) is 4.79 Å². The number of carbonyl (C=O) groups excluding carboxylic acids is 1. The van der Waals surface area contributed by atoms with Crippen LogP contribution in [0.3, 0.4) is 0 Å². The summed E-state index contributed by atoms with van der Waals surface area (Å²) in [7, 11) is 4.25. The Labute approximate surface area is 185 Å². The first kappa shape index (κ1) is 21.5. The molecule has 3 N–H and O–H groups in total. The number of ether oxygens (including phenoxy) is 2.